The van der Waals surface area contributed by atoms with Crippen LogP contribution in [0.15, 0.2) is 30.3 Å². The molecular formula is C13H13N5O. The Kier molecular flexibility index (Phi) is 3.78. The van der Waals surface area contributed by atoms with Gasteiger partial charge in [0.2, 0.25) is 0 Å². The third-order valence-electron chi connectivity index (χ3n) is 2.50. The SMILES string of the molecule is CCc1cc(NC(=O)Nc2cccc(C#N)c2)n[nH]1. The van der Waals surface area contributed by atoms with Crippen molar-refractivity contribution in [2.45, 2.75) is 13.3 Å². The number of nitrogens with zero attached hydrogens (tertiary/aromatic N) is 2. The molecule has 0 aliphatic heterocycles. The summed E-state index contributed by atoms with van der Waals surface area (Å²) in [4.78, 5) is 11.7. The number of aromatic amines is 1. The van der Waals surface area contributed by atoms with Crippen LogP contribution in [0.25, 0.3) is 0 Å². The summed E-state index contributed by atoms with van der Waals surface area (Å²) in [5.74, 6) is 0.464. The first-order valence-corrected chi connectivity index (χ1v) is 5.83. The van der Waals surface area contributed by atoms with Crippen molar-refractivity contribution < 1.29 is 4.79 Å². The molecule has 0 saturated heterocycles. The number of aryl methyl sites for hydroxylation is 1. The first-order valence-electron chi connectivity index (χ1n) is 5.83. The molecule has 2 aromatic rings. The Morgan fingerprint density at radius 2 is 2.26 bits per heavy atom. The van der Waals surface area contributed by atoms with E-state index in [-0.39, 0.29) is 0 Å². The molecule has 1 heterocycles. The molecule has 6 nitrogen and oxygen atoms in total. The molecule has 0 aliphatic carbocycles. The molecule has 19 heavy (non-hydrogen) atoms. The highest BCUT2D eigenvalue weighted by Crippen LogP contribution is 2.11. The molecule has 1 aromatic heterocycles. The first kappa shape index (κ1) is 12.6. The van der Waals surface area contributed by atoms with E-state index in [2.05, 4.69) is 20.8 Å². The molecule has 1 aromatic carbocycles. The van der Waals surface area contributed by atoms with Gasteiger partial charge in [-0.3, -0.25) is 10.4 Å². The van der Waals surface area contributed by atoms with Crippen molar-refractivity contribution in [2.75, 3.05) is 10.6 Å². The number of carbonyl (C=O) groups is 1. The summed E-state index contributed by atoms with van der Waals surface area (Å²) in [6.45, 7) is 1.99. The van der Waals surface area contributed by atoms with Gasteiger partial charge in [-0.25, -0.2) is 4.79 Å². The lowest BCUT2D eigenvalue weighted by Gasteiger charge is -2.05. The van der Waals surface area contributed by atoms with Gasteiger partial charge >= 0.3 is 6.03 Å². The largest absolute Gasteiger partial charge is 0.324 e. The second-order valence-electron chi connectivity index (χ2n) is 3.90. The Morgan fingerprint density at radius 3 is 2.95 bits per heavy atom. The lowest BCUT2D eigenvalue weighted by molar-refractivity contribution is 0.262. The number of amides is 2. The maximum Gasteiger partial charge on any atom is 0.324 e. The van der Waals surface area contributed by atoms with Crippen LogP contribution in [-0.4, -0.2) is 16.2 Å². The lowest BCUT2D eigenvalue weighted by atomic mass is 10.2. The molecule has 2 rings (SSSR count). The predicted octanol–water partition coefficient (Wildman–Crippen LogP) is 2.49. The molecule has 96 valence electrons. The third-order valence-corrected chi connectivity index (χ3v) is 2.50. The highest BCUT2D eigenvalue weighted by atomic mass is 16.2. The van der Waals surface area contributed by atoms with Gasteiger partial charge in [0.25, 0.3) is 0 Å². The monoisotopic (exact) mass is 255 g/mol. The molecule has 0 spiro atoms. The van der Waals surface area contributed by atoms with E-state index < -0.39 is 6.03 Å². The van der Waals surface area contributed by atoms with Crippen LogP contribution in [0.5, 0.6) is 0 Å². The van der Waals surface area contributed by atoms with Crippen molar-refractivity contribution in [1.29, 1.82) is 5.26 Å². The van der Waals surface area contributed by atoms with E-state index >= 15 is 0 Å². The molecule has 0 bridgehead atoms. The highest BCUT2D eigenvalue weighted by Gasteiger charge is 2.05. The number of anilines is 2. The van der Waals surface area contributed by atoms with Crippen molar-refractivity contribution in [1.82, 2.24) is 10.2 Å². The average Bonchev–Trinajstić information content (AvgIpc) is 2.86. The quantitative estimate of drug-likeness (QED) is 0.786. The molecule has 0 aliphatic rings. The summed E-state index contributed by atoms with van der Waals surface area (Å²) in [5, 5.41) is 20.8. The van der Waals surface area contributed by atoms with Crippen LogP contribution in [0.1, 0.15) is 18.2 Å². The van der Waals surface area contributed by atoms with E-state index in [1.165, 1.54) is 0 Å². The van der Waals surface area contributed by atoms with Gasteiger partial charge in [-0.05, 0) is 24.6 Å². The van der Waals surface area contributed by atoms with E-state index in [4.69, 9.17) is 5.26 Å². The zero-order chi connectivity index (χ0) is 13.7. The summed E-state index contributed by atoms with van der Waals surface area (Å²) in [7, 11) is 0. The minimum Gasteiger partial charge on any atom is -0.308 e. The number of rotatable bonds is 3. The Labute approximate surface area is 110 Å². The number of aromatic nitrogens is 2. The topological polar surface area (TPSA) is 93.6 Å². The molecule has 0 saturated carbocycles. The Morgan fingerprint density at radius 1 is 1.42 bits per heavy atom. The first-order chi connectivity index (χ1) is 9.21. The number of nitriles is 1. The van der Waals surface area contributed by atoms with Gasteiger partial charge in [-0.15, -0.1) is 0 Å². The fourth-order valence-electron chi connectivity index (χ4n) is 1.55. The maximum absolute atomic E-state index is 11.7. The van der Waals surface area contributed by atoms with E-state index in [1.807, 2.05) is 13.0 Å². The van der Waals surface area contributed by atoms with Crippen molar-refractivity contribution in [3.63, 3.8) is 0 Å². The zero-order valence-electron chi connectivity index (χ0n) is 10.4. The number of carbonyl (C=O) groups excluding carboxylic acids is 1. The van der Waals surface area contributed by atoms with Crippen LogP contribution in [0.4, 0.5) is 16.3 Å². The van der Waals surface area contributed by atoms with Gasteiger partial charge in [0.15, 0.2) is 5.82 Å². The van der Waals surface area contributed by atoms with Crippen LogP contribution in [0.3, 0.4) is 0 Å². The van der Waals surface area contributed by atoms with Gasteiger partial charge in [0, 0.05) is 17.4 Å². The number of hydrogen-bond donors (Lipinski definition) is 3. The number of nitrogens with one attached hydrogen (secondary N) is 3. The molecule has 0 atom stereocenters. The third kappa shape index (κ3) is 3.33. The number of urea groups is 1. The number of hydrogen-bond acceptors (Lipinski definition) is 3. The second kappa shape index (κ2) is 5.69. The summed E-state index contributed by atoms with van der Waals surface area (Å²) in [5.41, 5.74) is 2.00. The Hall–Kier alpha value is -2.81. The maximum atomic E-state index is 11.7. The smallest absolute Gasteiger partial charge is 0.308 e. The fraction of sp³-hybridized carbons (Fsp3) is 0.154. The van der Waals surface area contributed by atoms with Crippen molar-refractivity contribution in [3.05, 3.63) is 41.6 Å². The van der Waals surface area contributed by atoms with E-state index in [0.717, 1.165) is 12.1 Å². The van der Waals surface area contributed by atoms with E-state index in [1.54, 1.807) is 30.3 Å². The van der Waals surface area contributed by atoms with Crippen molar-refractivity contribution in [2.24, 2.45) is 0 Å². The van der Waals surface area contributed by atoms with Crippen LogP contribution < -0.4 is 10.6 Å². The van der Waals surface area contributed by atoms with Crippen molar-refractivity contribution in [3.8, 4) is 6.07 Å². The highest BCUT2D eigenvalue weighted by molar-refractivity contribution is 5.99. The second-order valence-corrected chi connectivity index (χ2v) is 3.90. The minimum absolute atomic E-state index is 0.399. The normalized spacial score (nSPS) is 9.68. The molecule has 0 unspecified atom stereocenters. The van der Waals surface area contributed by atoms with Crippen LogP contribution in [0.2, 0.25) is 0 Å². The molecule has 3 N–H and O–H groups in total. The molecule has 6 heteroatoms. The van der Waals surface area contributed by atoms with Gasteiger partial charge in [-0.2, -0.15) is 10.4 Å². The number of H-pyrrole nitrogens is 1. The van der Waals surface area contributed by atoms with Gasteiger partial charge < -0.3 is 5.32 Å². The minimum atomic E-state index is -0.399. The Balaban J connectivity index is 1.99. The van der Waals surface area contributed by atoms with Gasteiger partial charge in [-0.1, -0.05) is 13.0 Å². The Bertz CT molecular complexity index is 626. The summed E-state index contributed by atoms with van der Waals surface area (Å²) >= 11 is 0. The molecule has 0 fully saturated rings. The van der Waals surface area contributed by atoms with E-state index in [0.29, 0.717) is 17.1 Å². The summed E-state index contributed by atoms with van der Waals surface area (Å²) in [6, 6.07) is 10.1. The predicted molar refractivity (Wildman–Crippen MR) is 71.8 cm³/mol. The van der Waals surface area contributed by atoms with E-state index in [9.17, 15) is 4.79 Å². The van der Waals surface area contributed by atoms with Gasteiger partial charge in [0.1, 0.15) is 0 Å². The van der Waals surface area contributed by atoms with Crippen LogP contribution >= 0.6 is 0 Å². The summed E-state index contributed by atoms with van der Waals surface area (Å²) in [6.07, 6.45) is 0.820. The lowest BCUT2D eigenvalue weighted by Crippen LogP contribution is -2.19. The van der Waals surface area contributed by atoms with Crippen LogP contribution in [0, 0.1) is 11.3 Å². The fourth-order valence-corrected chi connectivity index (χ4v) is 1.55. The average molecular weight is 255 g/mol. The summed E-state index contributed by atoms with van der Waals surface area (Å²) < 4.78 is 0. The van der Waals surface area contributed by atoms with Crippen LogP contribution in [-0.2, 0) is 6.42 Å². The number of benzene rings is 1. The standard InChI is InChI=1S/C13H13N5O/c1-2-10-7-12(18-17-10)16-13(19)15-11-5-3-4-9(6-11)8-14/h3-7H,2H2,1H3,(H3,15,16,17,18,19). The molecule has 2 amide bonds. The molecule has 0 radical (unpaired) electrons. The van der Waals surface area contributed by atoms with Gasteiger partial charge in [0.05, 0.1) is 11.6 Å². The van der Waals surface area contributed by atoms with Crippen molar-refractivity contribution >= 4 is 17.5 Å². The molecular weight excluding hydrogens is 242 g/mol. The zero-order valence-corrected chi connectivity index (χ0v) is 10.4.